The summed E-state index contributed by atoms with van der Waals surface area (Å²) in [5.74, 6) is 1.04. The van der Waals surface area contributed by atoms with Crippen LogP contribution in [-0.4, -0.2) is 29.0 Å². The summed E-state index contributed by atoms with van der Waals surface area (Å²) in [7, 11) is 0. The third-order valence-electron chi connectivity index (χ3n) is 5.01. The molecule has 1 aliphatic heterocycles. The van der Waals surface area contributed by atoms with Gasteiger partial charge in [0.2, 0.25) is 0 Å². The molecule has 0 aliphatic carbocycles. The smallest absolute Gasteiger partial charge is 0.257 e. The molecule has 130 valence electrons. The van der Waals surface area contributed by atoms with Crippen molar-refractivity contribution in [2.75, 3.05) is 13.1 Å². The Morgan fingerprint density at radius 2 is 2.08 bits per heavy atom. The maximum atomic E-state index is 12.9. The number of aryl methyl sites for hydroxylation is 1. The Bertz CT molecular complexity index is 876. The van der Waals surface area contributed by atoms with Crippen molar-refractivity contribution in [1.29, 1.82) is 0 Å². The number of hydrogen-bond acceptors (Lipinski definition) is 4. The van der Waals surface area contributed by atoms with Crippen LogP contribution in [0.3, 0.4) is 0 Å². The number of rotatable bonds is 3. The molecule has 1 atom stereocenters. The van der Waals surface area contributed by atoms with E-state index in [1.54, 1.807) is 11.3 Å². The normalized spacial score (nSPS) is 17.1. The number of likely N-dealkylation sites (tertiary alicyclic amines) is 1. The second-order valence-electron chi connectivity index (χ2n) is 6.67. The first-order chi connectivity index (χ1) is 12.1. The summed E-state index contributed by atoms with van der Waals surface area (Å²) in [6.45, 7) is 3.23. The van der Waals surface area contributed by atoms with Crippen LogP contribution in [0.5, 0.6) is 0 Å². The number of benzene rings is 1. The highest BCUT2D eigenvalue weighted by atomic mass is 32.1. The fourth-order valence-electron chi connectivity index (χ4n) is 3.64. The SMILES string of the molecule is Cc1cc2cccc(C(=O)N3CCC(C(O)c4cccs4)CC3)c2o1. The Kier molecular flexibility index (Phi) is 4.36. The molecule has 5 heteroatoms. The van der Waals surface area contributed by atoms with Crippen molar-refractivity contribution in [2.24, 2.45) is 5.92 Å². The lowest BCUT2D eigenvalue weighted by Gasteiger charge is -2.34. The van der Waals surface area contributed by atoms with E-state index in [1.165, 1.54) is 0 Å². The quantitative estimate of drug-likeness (QED) is 0.758. The van der Waals surface area contributed by atoms with E-state index >= 15 is 0 Å². The fraction of sp³-hybridized carbons (Fsp3) is 0.350. The summed E-state index contributed by atoms with van der Waals surface area (Å²) >= 11 is 1.59. The number of aliphatic hydroxyl groups excluding tert-OH is 1. The Morgan fingerprint density at radius 3 is 2.80 bits per heavy atom. The molecule has 1 aliphatic rings. The first-order valence-corrected chi connectivity index (χ1v) is 9.51. The van der Waals surface area contributed by atoms with Gasteiger partial charge in [-0.05, 0) is 49.3 Å². The molecule has 1 unspecified atom stereocenters. The summed E-state index contributed by atoms with van der Waals surface area (Å²) in [4.78, 5) is 15.8. The van der Waals surface area contributed by atoms with Crippen LogP contribution < -0.4 is 0 Å². The van der Waals surface area contributed by atoms with Crippen molar-refractivity contribution in [3.05, 3.63) is 58.0 Å². The molecule has 0 bridgehead atoms. The minimum Gasteiger partial charge on any atom is -0.461 e. The maximum Gasteiger partial charge on any atom is 0.257 e. The highest BCUT2D eigenvalue weighted by Crippen LogP contribution is 2.33. The van der Waals surface area contributed by atoms with E-state index in [0.717, 1.165) is 28.9 Å². The highest BCUT2D eigenvalue weighted by molar-refractivity contribution is 7.10. The average molecular weight is 355 g/mol. The van der Waals surface area contributed by atoms with Gasteiger partial charge in [-0.1, -0.05) is 18.2 Å². The molecule has 0 radical (unpaired) electrons. The molecule has 0 saturated carbocycles. The van der Waals surface area contributed by atoms with Crippen molar-refractivity contribution >= 4 is 28.2 Å². The first-order valence-electron chi connectivity index (χ1n) is 8.63. The number of carbonyl (C=O) groups is 1. The Labute approximate surface area is 150 Å². The zero-order valence-electron chi connectivity index (χ0n) is 14.1. The van der Waals surface area contributed by atoms with E-state index in [4.69, 9.17) is 4.42 Å². The van der Waals surface area contributed by atoms with E-state index in [9.17, 15) is 9.90 Å². The van der Waals surface area contributed by atoms with Crippen LogP contribution in [-0.2, 0) is 0 Å². The van der Waals surface area contributed by atoms with E-state index in [2.05, 4.69) is 0 Å². The van der Waals surface area contributed by atoms with Crippen molar-refractivity contribution < 1.29 is 14.3 Å². The van der Waals surface area contributed by atoms with Crippen LogP contribution in [0, 0.1) is 12.8 Å². The Morgan fingerprint density at radius 1 is 1.28 bits per heavy atom. The second-order valence-corrected chi connectivity index (χ2v) is 7.65. The van der Waals surface area contributed by atoms with Crippen molar-refractivity contribution in [1.82, 2.24) is 4.90 Å². The molecule has 1 amide bonds. The van der Waals surface area contributed by atoms with Gasteiger partial charge in [-0.15, -0.1) is 11.3 Å². The molecule has 1 aromatic carbocycles. The topological polar surface area (TPSA) is 53.7 Å². The van der Waals surface area contributed by atoms with Crippen molar-refractivity contribution in [3.8, 4) is 0 Å². The molecular formula is C20H21NO3S. The summed E-state index contributed by atoms with van der Waals surface area (Å²) in [5.41, 5.74) is 1.30. The summed E-state index contributed by atoms with van der Waals surface area (Å²) in [5, 5.41) is 13.5. The van der Waals surface area contributed by atoms with Crippen LogP contribution in [0.25, 0.3) is 11.0 Å². The molecule has 1 fully saturated rings. The van der Waals surface area contributed by atoms with Gasteiger partial charge in [0.05, 0.1) is 11.7 Å². The molecule has 0 spiro atoms. The third kappa shape index (κ3) is 3.10. The highest BCUT2D eigenvalue weighted by Gasteiger charge is 2.30. The summed E-state index contributed by atoms with van der Waals surface area (Å²) in [6, 6.07) is 11.6. The van der Waals surface area contributed by atoms with E-state index in [1.807, 2.05) is 53.6 Å². The van der Waals surface area contributed by atoms with Gasteiger partial charge in [0, 0.05) is 23.4 Å². The number of furan rings is 1. The number of amides is 1. The maximum absolute atomic E-state index is 12.9. The van der Waals surface area contributed by atoms with Gasteiger partial charge in [0.25, 0.3) is 5.91 Å². The zero-order valence-corrected chi connectivity index (χ0v) is 15.0. The summed E-state index contributed by atoms with van der Waals surface area (Å²) in [6.07, 6.45) is 1.21. The molecule has 1 saturated heterocycles. The first kappa shape index (κ1) is 16.4. The number of nitrogens with zero attached hydrogens (tertiary/aromatic N) is 1. The lowest BCUT2D eigenvalue weighted by atomic mass is 9.90. The van der Waals surface area contributed by atoms with Crippen LogP contribution in [0.1, 0.15) is 39.9 Å². The van der Waals surface area contributed by atoms with Crippen LogP contribution >= 0.6 is 11.3 Å². The molecule has 25 heavy (non-hydrogen) atoms. The number of para-hydroxylation sites is 1. The van der Waals surface area contributed by atoms with Gasteiger partial charge in [-0.25, -0.2) is 0 Å². The zero-order chi connectivity index (χ0) is 17.4. The van der Waals surface area contributed by atoms with Gasteiger partial charge in [-0.2, -0.15) is 0 Å². The standard InChI is InChI=1S/C20H21NO3S/c1-13-12-15-4-2-5-16(19(15)24-13)20(23)21-9-7-14(8-10-21)18(22)17-6-3-11-25-17/h2-6,11-12,14,18,22H,7-10H2,1H3. The van der Waals surface area contributed by atoms with E-state index < -0.39 is 6.10 Å². The van der Waals surface area contributed by atoms with Gasteiger partial charge < -0.3 is 14.4 Å². The number of piperidine rings is 1. The molecule has 4 rings (SSSR count). The number of fused-ring (bicyclic) bond motifs is 1. The van der Waals surface area contributed by atoms with Gasteiger partial charge in [0.15, 0.2) is 0 Å². The molecule has 3 heterocycles. The molecule has 4 nitrogen and oxygen atoms in total. The Hall–Kier alpha value is -2.11. The van der Waals surface area contributed by atoms with Crippen LogP contribution in [0.15, 0.2) is 46.2 Å². The third-order valence-corrected chi connectivity index (χ3v) is 5.95. The van der Waals surface area contributed by atoms with Gasteiger partial charge in [-0.3, -0.25) is 4.79 Å². The molecular weight excluding hydrogens is 334 g/mol. The minimum absolute atomic E-state index is 0.0176. The lowest BCUT2D eigenvalue weighted by Crippen LogP contribution is -2.39. The second kappa shape index (κ2) is 6.65. The number of carbonyl (C=O) groups excluding carboxylic acids is 1. The molecule has 2 aromatic heterocycles. The number of aliphatic hydroxyl groups is 1. The summed E-state index contributed by atoms with van der Waals surface area (Å²) < 4.78 is 5.73. The van der Waals surface area contributed by atoms with Crippen molar-refractivity contribution in [2.45, 2.75) is 25.9 Å². The monoisotopic (exact) mass is 355 g/mol. The largest absolute Gasteiger partial charge is 0.461 e. The Balaban J connectivity index is 1.47. The fourth-order valence-corrected chi connectivity index (χ4v) is 4.44. The van der Waals surface area contributed by atoms with Crippen molar-refractivity contribution in [3.63, 3.8) is 0 Å². The predicted molar refractivity (Wildman–Crippen MR) is 98.9 cm³/mol. The predicted octanol–water partition coefficient (Wildman–Crippen LogP) is 4.39. The van der Waals surface area contributed by atoms with E-state index in [0.29, 0.717) is 24.2 Å². The lowest BCUT2D eigenvalue weighted by molar-refractivity contribution is 0.0474. The average Bonchev–Trinajstić information content (AvgIpc) is 3.29. The molecule has 3 aromatic rings. The van der Waals surface area contributed by atoms with Crippen LogP contribution in [0.4, 0.5) is 0 Å². The van der Waals surface area contributed by atoms with E-state index in [-0.39, 0.29) is 11.8 Å². The number of thiophene rings is 1. The number of hydrogen-bond donors (Lipinski definition) is 1. The molecule has 1 N–H and O–H groups in total. The van der Waals surface area contributed by atoms with Crippen LogP contribution in [0.2, 0.25) is 0 Å². The van der Waals surface area contributed by atoms with Gasteiger partial charge in [0.1, 0.15) is 11.3 Å². The minimum atomic E-state index is -0.423. The van der Waals surface area contributed by atoms with Gasteiger partial charge >= 0.3 is 0 Å².